The fourth-order valence-corrected chi connectivity index (χ4v) is 4.53. The molecule has 6 heteroatoms. The lowest BCUT2D eigenvalue weighted by Crippen LogP contribution is -2.43. The second-order valence-electron chi connectivity index (χ2n) is 7.08. The van der Waals surface area contributed by atoms with Gasteiger partial charge < -0.3 is 10.6 Å². The number of hydrogen-bond donors (Lipinski definition) is 2. The molecule has 2 fully saturated rings. The Morgan fingerprint density at radius 1 is 1.20 bits per heavy atom. The molecule has 5 nitrogen and oxygen atoms in total. The minimum Gasteiger partial charge on any atom is -0.356 e. The number of amides is 1. The van der Waals surface area contributed by atoms with Gasteiger partial charge in [-0.05, 0) is 49.6 Å². The van der Waals surface area contributed by atoms with E-state index in [1.165, 1.54) is 6.26 Å². The van der Waals surface area contributed by atoms with Crippen molar-refractivity contribution in [3.8, 4) is 0 Å². The zero-order valence-electron chi connectivity index (χ0n) is 12.5. The lowest BCUT2D eigenvalue weighted by atomic mass is 9.81. The number of carbonyl (C=O) groups is 1. The topological polar surface area (TPSA) is 75.3 Å². The van der Waals surface area contributed by atoms with Gasteiger partial charge in [0.2, 0.25) is 5.91 Å². The summed E-state index contributed by atoms with van der Waals surface area (Å²) in [7, 11) is -3.00. The van der Waals surface area contributed by atoms with Crippen LogP contribution in [0.2, 0.25) is 0 Å². The molecule has 1 saturated carbocycles. The molecular formula is C14H26N2O3S. The molecule has 0 aromatic heterocycles. The highest BCUT2D eigenvalue weighted by molar-refractivity contribution is 7.90. The average molecular weight is 302 g/mol. The van der Waals surface area contributed by atoms with Gasteiger partial charge in [-0.1, -0.05) is 6.92 Å². The molecule has 2 N–H and O–H groups in total. The highest BCUT2D eigenvalue weighted by Crippen LogP contribution is 2.49. The molecule has 1 amide bonds. The Morgan fingerprint density at radius 2 is 1.80 bits per heavy atom. The van der Waals surface area contributed by atoms with E-state index >= 15 is 0 Å². The molecule has 1 saturated heterocycles. The summed E-state index contributed by atoms with van der Waals surface area (Å²) in [5.74, 6) is 0.153. The van der Waals surface area contributed by atoms with E-state index in [1.807, 2.05) is 0 Å². The first kappa shape index (κ1) is 15.8. The molecule has 0 radical (unpaired) electrons. The van der Waals surface area contributed by atoms with Gasteiger partial charge in [-0.15, -0.1) is 0 Å². The molecule has 0 unspecified atom stereocenters. The minimum atomic E-state index is -3.00. The van der Waals surface area contributed by atoms with E-state index in [-0.39, 0.29) is 22.5 Å². The van der Waals surface area contributed by atoms with Crippen LogP contribution in [-0.4, -0.2) is 46.0 Å². The third kappa shape index (κ3) is 4.74. The van der Waals surface area contributed by atoms with Crippen molar-refractivity contribution in [2.45, 2.75) is 39.0 Å². The summed E-state index contributed by atoms with van der Waals surface area (Å²) in [6.07, 6.45) is 5.46. The molecule has 0 aromatic carbocycles. The first-order valence-corrected chi connectivity index (χ1v) is 9.43. The van der Waals surface area contributed by atoms with Gasteiger partial charge in [0.15, 0.2) is 0 Å². The first-order chi connectivity index (χ1) is 9.22. The predicted molar refractivity (Wildman–Crippen MR) is 79.2 cm³/mol. The van der Waals surface area contributed by atoms with E-state index in [1.54, 1.807) is 0 Å². The van der Waals surface area contributed by atoms with Crippen LogP contribution < -0.4 is 10.6 Å². The molecule has 0 spiro atoms. The minimum absolute atomic E-state index is 0.00547. The number of nitrogens with one attached hydrogen (secondary N) is 2. The van der Waals surface area contributed by atoms with Crippen LogP contribution in [0.3, 0.4) is 0 Å². The van der Waals surface area contributed by atoms with Crippen molar-refractivity contribution in [3.63, 3.8) is 0 Å². The maximum atomic E-state index is 12.0. The van der Waals surface area contributed by atoms with Crippen LogP contribution >= 0.6 is 0 Å². The highest BCUT2D eigenvalue weighted by atomic mass is 32.2. The monoisotopic (exact) mass is 302 g/mol. The molecule has 0 aromatic rings. The van der Waals surface area contributed by atoms with E-state index in [0.717, 1.165) is 38.8 Å². The Balaban J connectivity index is 1.78. The summed E-state index contributed by atoms with van der Waals surface area (Å²) in [6, 6.07) is 0. The van der Waals surface area contributed by atoms with Gasteiger partial charge in [-0.25, -0.2) is 8.42 Å². The van der Waals surface area contributed by atoms with Gasteiger partial charge in [0.1, 0.15) is 9.84 Å². The van der Waals surface area contributed by atoms with Crippen molar-refractivity contribution in [3.05, 3.63) is 0 Å². The third-order valence-corrected chi connectivity index (χ3v) is 5.72. The summed E-state index contributed by atoms with van der Waals surface area (Å²) >= 11 is 0. The number of sulfone groups is 1. The van der Waals surface area contributed by atoms with Crippen LogP contribution in [0.5, 0.6) is 0 Å². The Hall–Kier alpha value is -0.620. The van der Waals surface area contributed by atoms with Crippen molar-refractivity contribution in [2.75, 3.05) is 31.6 Å². The zero-order valence-corrected chi connectivity index (χ0v) is 13.3. The standard InChI is InChI=1S/C14H26N2O3S/c1-13(5-7-15-8-6-13)10-16-12(17)9-14(3-4-14)11-20(2,18)19/h15H,3-11H2,1-2H3,(H,16,17). The maximum absolute atomic E-state index is 12.0. The van der Waals surface area contributed by atoms with Crippen LogP contribution in [0.15, 0.2) is 0 Å². The van der Waals surface area contributed by atoms with Crippen molar-refractivity contribution in [2.24, 2.45) is 10.8 Å². The molecular weight excluding hydrogens is 276 g/mol. The van der Waals surface area contributed by atoms with E-state index in [9.17, 15) is 13.2 Å². The summed E-state index contributed by atoms with van der Waals surface area (Å²) in [5, 5.41) is 6.34. The van der Waals surface area contributed by atoms with E-state index in [4.69, 9.17) is 0 Å². The van der Waals surface area contributed by atoms with Crippen molar-refractivity contribution >= 4 is 15.7 Å². The van der Waals surface area contributed by atoms with Gasteiger partial charge in [-0.3, -0.25) is 4.79 Å². The fourth-order valence-electron chi connectivity index (χ4n) is 3.03. The van der Waals surface area contributed by atoms with Gasteiger partial charge in [0.05, 0.1) is 5.75 Å². The number of rotatable bonds is 6. The molecule has 116 valence electrons. The van der Waals surface area contributed by atoms with E-state index < -0.39 is 9.84 Å². The lowest BCUT2D eigenvalue weighted by molar-refractivity contribution is -0.122. The molecule has 1 heterocycles. The Morgan fingerprint density at radius 3 is 2.30 bits per heavy atom. The first-order valence-electron chi connectivity index (χ1n) is 7.37. The van der Waals surface area contributed by atoms with Crippen molar-refractivity contribution in [1.29, 1.82) is 0 Å². The maximum Gasteiger partial charge on any atom is 0.220 e. The average Bonchev–Trinajstić information content (AvgIpc) is 3.04. The molecule has 0 bridgehead atoms. The largest absolute Gasteiger partial charge is 0.356 e. The normalized spacial score (nSPS) is 24.1. The summed E-state index contributed by atoms with van der Waals surface area (Å²) in [6.45, 7) is 4.91. The molecule has 20 heavy (non-hydrogen) atoms. The van der Waals surface area contributed by atoms with Gasteiger partial charge in [0, 0.05) is 19.2 Å². The molecule has 2 aliphatic rings. The second kappa shape index (κ2) is 5.64. The van der Waals surface area contributed by atoms with Crippen LogP contribution in [0, 0.1) is 10.8 Å². The van der Waals surface area contributed by atoms with Gasteiger partial charge in [0.25, 0.3) is 0 Å². The Kier molecular flexibility index (Phi) is 4.44. The summed E-state index contributed by atoms with van der Waals surface area (Å²) < 4.78 is 22.8. The van der Waals surface area contributed by atoms with Crippen LogP contribution in [0.1, 0.15) is 39.0 Å². The highest BCUT2D eigenvalue weighted by Gasteiger charge is 2.46. The molecule has 0 atom stereocenters. The smallest absolute Gasteiger partial charge is 0.220 e. The van der Waals surface area contributed by atoms with E-state index in [2.05, 4.69) is 17.6 Å². The molecule has 2 rings (SSSR count). The van der Waals surface area contributed by atoms with Crippen molar-refractivity contribution in [1.82, 2.24) is 10.6 Å². The fraction of sp³-hybridized carbons (Fsp3) is 0.929. The van der Waals surface area contributed by atoms with Crippen LogP contribution in [0.25, 0.3) is 0 Å². The number of carbonyl (C=O) groups excluding carboxylic acids is 1. The molecule has 1 aliphatic carbocycles. The summed E-state index contributed by atoms with van der Waals surface area (Å²) in [5.41, 5.74) is -0.0961. The predicted octanol–water partition coefficient (Wildman–Crippen LogP) is 0.707. The van der Waals surface area contributed by atoms with Gasteiger partial charge in [-0.2, -0.15) is 0 Å². The number of hydrogen-bond acceptors (Lipinski definition) is 4. The quantitative estimate of drug-likeness (QED) is 0.757. The van der Waals surface area contributed by atoms with Crippen LogP contribution in [0.4, 0.5) is 0 Å². The zero-order chi connectivity index (χ0) is 14.9. The summed E-state index contributed by atoms with van der Waals surface area (Å²) in [4.78, 5) is 12.0. The second-order valence-corrected chi connectivity index (χ2v) is 9.22. The number of piperidine rings is 1. The van der Waals surface area contributed by atoms with E-state index in [0.29, 0.717) is 13.0 Å². The Bertz CT molecular complexity index is 463. The lowest BCUT2D eigenvalue weighted by Gasteiger charge is -2.34. The van der Waals surface area contributed by atoms with Crippen molar-refractivity contribution < 1.29 is 13.2 Å². The third-order valence-electron chi connectivity index (χ3n) is 4.58. The Labute approximate surface area is 121 Å². The van der Waals surface area contributed by atoms with Crippen LogP contribution in [-0.2, 0) is 14.6 Å². The molecule has 1 aliphatic heterocycles. The SMILES string of the molecule is CC1(CNC(=O)CC2(CS(C)(=O)=O)CC2)CCNCC1. The van der Waals surface area contributed by atoms with Gasteiger partial charge >= 0.3 is 0 Å².